The third-order valence-electron chi connectivity index (χ3n) is 2.24. The molecule has 0 bridgehead atoms. The highest BCUT2D eigenvalue weighted by atomic mass is 16.3. The van der Waals surface area contributed by atoms with Gasteiger partial charge >= 0.3 is 0 Å². The second-order valence-corrected chi connectivity index (χ2v) is 3.58. The first-order valence-electron chi connectivity index (χ1n) is 5.32. The quantitative estimate of drug-likeness (QED) is 0.716. The van der Waals surface area contributed by atoms with Crippen molar-refractivity contribution in [3.63, 3.8) is 0 Å². The standard InChI is InChI=1S/C13H17NO2/c1-2-3-7-13(16)14-9-11-5-4-6-12(8-11)10-15/h2,4-6,8,15H,1,3,7,9-10H2,(H,14,16). The number of hydrogen-bond acceptors (Lipinski definition) is 2. The van der Waals surface area contributed by atoms with E-state index in [-0.39, 0.29) is 12.5 Å². The maximum absolute atomic E-state index is 11.3. The van der Waals surface area contributed by atoms with E-state index < -0.39 is 0 Å². The SMILES string of the molecule is C=CCCC(=O)NCc1cccc(CO)c1. The van der Waals surface area contributed by atoms with Crippen LogP contribution in [0.4, 0.5) is 0 Å². The van der Waals surface area contributed by atoms with Gasteiger partial charge in [-0.25, -0.2) is 0 Å². The third kappa shape index (κ3) is 4.28. The topological polar surface area (TPSA) is 49.3 Å². The molecule has 1 aromatic carbocycles. The first kappa shape index (κ1) is 12.5. The largest absolute Gasteiger partial charge is 0.392 e. The fraction of sp³-hybridized carbons (Fsp3) is 0.308. The summed E-state index contributed by atoms with van der Waals surface area (Å²) >= 11 is 0. The number of carbonyl (C=O) groups excluding carboxylic acids is 1. The summed E-state index contributed by atoms with van der Waals surface area (Å²) in [6.07, 6.45) is 2.90. The summed E-state index contributed by atoms with van der Waals surface area (Å²) in [6.45, 7) is 4.10. The van der Waals surface area contributed by atoms with E-state index >= 15 is 0 Å². The van der Waals surface area contributed by atoms with Gasteiger partial charge in [0.2, 0.25) is 5.91 Å². The molecule has 0 heterocycles. The van der Waals surface area contributed by atoms with Gasteiger partial charge in [0.05, 0.1) is 6.61 Å². The number of allylic oxidation sites excluding steroid dienone is 1. The molecule has 3 nitrogen and oxygen atoms in total. The van der Waals surface area contributed by atoms with Gasteiger partial charge in [0, 0.05) is 13.0 Å². The van der Waals surface area contributed by atoms with Gasteiger partial charge in [0.25, 0.3) is 0 Å². The number of hydrogen-bond donors (Lipinski definition) is 2. The Morgan fingerprint density at radius 2 is 2.19 bits per heavy atom. The Kier molecular flexibility index (Phi) is 5.29. The summed E-state index contributed by atoms with van der Waals surface area (Å²) in [5, 5.41) is 11.8. The van der Waals surface area contributed by atoms with Crippen LogP contribution in [0.25, 0.3) is 0 Å². The molecule has 2 N–H and O–H groups in total. The lowest BCUT2D eigenvalue weighted by Gasteiger charge is -2.05. The van der Waals surface area contributed by atoms with Crippen molar-refractivity contribution in [3.05, 3.63) is 48.0 Å². The molecule has 86 valence electrons. The van der Waals surface area contributed by atoms with Crippen LogP contribution in [-0.4, -0.2) is 11.0 Å². The lowest BCUT2D eigenvalue weighted by molar-refractivity contribution is -0.121. The molecule has 0 aliphatic heterocycles. The first-order valence-corrected chi connectivity index (χ1v) is 5.32. The molecule has 1 amide bonds. The van der Waals surface area contributed by atoms with Crippen LogP contribution in [0, 0.1) is 0 Å². The first-order chi connectivity index (χ1) is 7.76. The Balaban J connectivity index is 2.41. The molecule has 0 atom stereocenters. The van der Waals surface area contributed by atoms with E-state index in [0.29, 0.717) is 19.4 Å². The van der Waals surface area contributed by atoms with E-state index in [1.165, 1.54) is 0 Å². The average Bonchev–Trinajstić information content (AvgIpc) is 2.34. The van der Waals surface area contributed by atoms with Gasteiger partial charge in [0.15, 0.2) is 0 Å². The van der Waals surface area contributed by atoms with Crippen LogP contribution in [0.3, 0.4) is 0 Å². The number of nitrogens with one attached hydrogen (secondary N) is 1. The predicted molar refractivity (Wildman–Crippen MR) is 63.6 cm³/mol. The van der Waals surface area contributed by atoms with Gasteiger partial charge in [0.1, 0.15) is 0 Å². The van der Waals surface area contributed by atoms with Crippen molar-refractivity contribution in [3.8, 4) is 0 Å². The van der Waals surface area contributed by atoms with Crippen molar-refractivity contribution in [1.29, 1.82) is 0 Å². The van der Waals surface area contributed by atoms with Gasteiger partial charge < -0.3 is 10.4 Å². The van der Waals surface area contributed by atoms with Crippen LogP contribution >= 0.6 is 0 Å². The Bertz CT molecular complexity index is 361. The number of rotatable bonds is 6. The molecule has 0 fully saturated rings. The Morgan fingerprint density at radius 1 is 1.44 bits per heavy atom. The molecule has 0 unspecified atom stereocenters. The highest BCUT2D eigenvalue weighted by Crippen LogP contribution is 2.05. The van der Waals surface area contributed by atoms with Crippen molar-refractivity contribution < 1.29 is 9.90 Å². The van der Waals surface area contributed by atoms with Crippen LogP contribution in [0.15, 0.2) is 36.9 Å². The van der Waals surface area contributed by atoms with Crippen molar-refractivity contribution in [2.45, 2.75) is 26.0 Å². The smallest absolute Gasteiger partial charge is 0.220 e. The molecule has 0 saturated carbocycles. The van der Waals surface area contributed by atoms with Crippen molar-refractivity contribution >= 4 is 5.91 Å². The Labute approximate surface area is 95.8 Å². The summed E-state index contributed by atoms with van der Waals surface area (Å²) < 4.78 is 0. The lowest BCUT2D eigenvalue weighted by atomic mass is 10.1. The molecule has 3 heteroatoms. The minimum absolute atomic E-state index is 0.0225. The van der Waals surface area contributed by atoms with E-state index in [9.17, 15) is 4.79 Å². The zero-order chi connectivity index (χ0) is 11.8. The molecule has 0 aliphatic carbocycles. The minimum Gasteiger partial charge on any atom is -0.392 e. The monoisotopic (exact) mass is 219 g/mol. The molecule has 0 saturated heterocycles. The molecule has 0 aliphatic rings. The number of benzene rings is 1. The second kappa shape index (κ2) is 6.80. The molecular weight excluding hydrogens is 202 g/mol. The van der Waals surface area contributed by atoms with Gasteiger partial charge in [-0.15, -0.1) is 6.58 Å². The van der Waals surface area contributed by atoms with Gasteiger partial charge in [-0.05, 0) is 17.5 Å². The van der Waals surface area contributed by atoms with Crippen molar-refractivity contribution in [2.75, 3.05) is 0 Å². The second-order valence-electron chi connectivity index (χ2n) is 3.58. The van der Waals surface area contributed by atoms with Gasteiger partial charge in [-0.3, -0.25) is 4.79 Å². The third-order valence-corrected chi connectivity index (χ3v) is 2.24. The number of aliphatic hydroxyl groups is 1. The summed E-state index contributed by atoms with van der Waals surface area (Å²) in [4.78, 5) is 11.3. The van der Waals surface area contributed by atoms with E-state index in [1.54, 1.807) is 6.08 Å². The number of carbonyl (C=O) groups is 1. The van der Waals surface area contributed by atoms with E-state index in [0.717, 1.165) is 11.1 Å². The highest BCUT2D eigenvalue weighted by Gasteiger charge is 2.00. The highest BCUT2D eigenvalue weighted by molar-refractivity contribution is 5.75. The zero-order valence-corrected chi connectivity index (χ0v) is 9.28. The Hall–Kier alpha value is -1.61. The van der Waals surface area contributed by atoms with Crippen LogP contribution in [0.2, 0.25) is 0 Å². The molecule has 1 aromatic rings. The average molecular weight is 219 g/mol. The van der Waals surface area contributed by atoms with E-state index in [1.807, 2.05) is 24.3 Å². The molecule has 0 spiro atoms. The van der Waals surface area contributed by atoms with E-state index in [4.69, 9.17) is 5.11 Å². The van der Waals surface area contributed by atoms with Crippen LogP contribution < -0.4 is 5.32 Å². The summed E-state index contributed by atoms with van der Waals surface area (Å²) in [7, 11) is 0. The predicted octanol–water partition coefficient (Wildman–Crippen LogP) is 1.76. The minimum atomic E-state index is 0.0225. The molecule has 16 heavy (non-hydrogen) atoms. The fourth-order valence-corrected chi connectivity index (χ4v) is 1.36. The van der Waals surface area contributed by atoms with E-state index in [2.05, 4.69) is 11.9 Å². The zero-order valence-electron chi connectivity index (χ0n) is 9.28. The Morgan fingerprint density at radius 3 is 2.88 bits per heavy atom. The maximum Gasteiger partial charge on any atom is 0.220 e. The summed E-state index contributed by atoms with van der Waals surface area (Å²) in [5.41, 5.74) is 1.86. The van der Waals surface area contributed by atoms with Crippen LogP contribution in [0.1, 0.15) is 24.0 Å². The van der Waals surface area contributed by atoms with Gasteiger partial charge in [-0.2, -0.15) is 0 Å². The van der Waals surface area contributed by atoms with Crippen LogP contribution in [-0.2, 0) is 17.9 Å². The molecule has 0 aromatic heterocycles. The maximum atomic E-state index is 11.3. The molecular formula is C13H17NO2. The lowest BCUT2D eigenvalue weighted by Crippen LogP contribution is -2.22. The summed E-state index contributed by atoms with van der Waals surface area (Å²) in [6, 6.07) is 7.53. The molecule has 0 radical (unpaired) electrons. The summed E-state index contributed by atoms with van der Waals surface area (Å²) in [5.74, 6) is 0.0225. The van der Waals surface area contributed by atoms with Crippen molar-refractivity contribution in [2.24, 2.45) is 0 Å². The van der Waals surface area contributed by atoms with Gasteiger partial charge in [-0.1, -0.05) is 30.3 Å². The normalized spacial score (nSPS) is 9.81. The number of aliphatic hydroxyl groups excluding tert-OH is 1. The van der Waals surface area contributed by atoms with Crippen molar-refractivity contribution in [1.82, 2.24) is 5.32 Å². The fourth-order valence-electron chi connectivity index (χ4n) is 1.36. The number of amides is 1. The van der Waals surface area contributed by atoms with Crippen LogP contribution in [0.5, 0.6) is 0 Å². The molecule has 1 rings (SSSR count).